The van der Waals surface area contributed by atoms with Crippen LogP contribution in [0.15, 0.2) is 24.3 Å². The number of nitrogen functional groups attached to an aromatic ring is 1. The smallest absolute Gasteiger partial charge is 0.229 e. The summed E-state index contributed by atoms with van der Waals surface area (Å²) in [5.74, 6) is 0.605. The van der Waals surface area contributed by atoms with Crippen molar-refractivity contribution in [3.63, 3.8) is 0 Å². The number of rotatable bonds is 2. The van der Waals surface area contributed by atoms with E-state index in [4.69, 9.17) is 5.73 Å². The van der Waals surface area contributed by atoms with Crippen LogP contribution in [0.3, 0.4) is 0 Å². The van der Waals surface area contributed by atoms with Gasteiger partial charge in [-0.2, -0.15) is 4.98 Å². The Morgan fingerprint density at radius 3 is 2.90 bits per heavy atom. The lowest BCUT2D eigenvalue weighted by atomic mass is 10.1. The van der Waals surface area contributed by atoms with Crippen molar-refractivity contribution < 1.29 is 4.39 Å². The first kappa shape index (κ1) is 12.8. The summed E-state index contributed by atoms with van der Waals surface area (Å²) < 4.78 is 13.2. The SMILES string of the molecule is Nc1nc(Nc2cccc(F)c2)nc2c1CCNCC2. The van der Waals surface area contributed by atoms with E-state index in [1.165, 1.54) is 12.1 Å². The van der Waals surface area contributed by atoms with E-state index in [1.54, 1.807) is 12.1 Å². The Hall–Kier alpha value is -2.21. The highest BCUT2D eigenvalue weighted by Crippen LogP contribution is 2.21. The molecule has 1 aliphatic heterocycles. The fraction of sp³-hybridized carbons (Fsp3) is 0.286. The highest BCUT2D eigenvalue weighted by molar-refractivity contribution is 5.56. The summed E-state index contributed by atoms with van der Waals surface area (Å²) in [6, 6.07) is 6.18. The number of anilines is 3. The lowest BCUT2D eigenvalue weighted by Crippen LogP contribution is -2.16. The Morgan fingerprint density at radius 2 is 2.05 bits per heavy atom. The summed E-state index contributed by atoms with van der Waals surface area (Å²) >= 11 is 0. The second-order valence-electron chi connectivity index (χ2n) is 4.74. The van der Waals surface area contributed by atoms with Crippen molar-refractivity contribution in [2.45, 2.75) is 12.8 Å². The van der Waals surface area contributed by atoms with Gasteiger partial charge in [0.25, 0.3) is 0 Å². The van der Waals surface area contributed by atoms with Crippen LogP contribution in [-0.2, 0) is 12.8 Å². The maximum absolute atomic E-state index is 13.2. The van der Waals surface area contributed by atoms with Crippen molar-refractivity contribution in [1.82, 2.24) is 15.3 Å². The van der Waals surface area contributed by atoms with Gasteiger partial charge in [0.15, 0.2) is 0 Å². The first-order chi connectivity index (χ1) is 9.72. The highest BCUT2D eigenvalue weighted by Gasteiger charge is 2.14. The molecule has 104 valence electrons. The quantitative estimate of drug-likeness (QED) is 0.775. The fourth-order valence-electron chi connectivity index (χ4n) is 2.33. The molecule has 3 rings (SSSR count). The molecule has 0 spiro atoms. The molecular weight excluding hydrogens is 257 g/mol. The molecule has 0 bridgehead atoms. The van der Waals surface area contributed by atoms with Gasteiger partial charge in [-0.15, -0.1) is 0 Å². The molecule has 6 heteroatoms. The van der Waals surface area contributed by atoms with Gasteiger partial charge >= 0.3 is 0 Å². The maximum Gasteiger partial charge on any atom is 0.229 e. The number of hydrogen-bond acceptors (Lipinski definition) is 5. The number of nitrogens with two attached hydrogens (primary N) is 1. The summed E-state index contributed by atoms with van der Waals surface area (Å²) in [5, 5.41) is 6.30. The van der Waals surface area contributed by atoms with E-state index in [0.717, 1.165) is 37.2 Å². The molecular formula is C14H16FN5. The minimum atomic E-state index is -0.304. The molecule has 0 amide bonds. The Morgan fingerprint density at radius 1 is 1.20 bits per heavy atom. The molecule has 1 aliphatic rings. The number of nitrogens with zero attached hydrogens (tertiary/aromatic N) is 2. The van der Waals surface area contributed by atoms with E-state index < -0.39 is 0 Å². The van der Waals surface area contributed by atoms with Gasteiger partial charge in [0.2, 0.25) is 5.95 Å². The Balaban J connectivity index is 1.91. The second-order valence-corrected chi connectivity index (χ2v) is 4.74. The third kappa shape index (κ3) is 2.70. The third-order valence-electron chi connectivity index (χ3n) is 3.30. The van der Waals surface area contributed by atoms with Gasteiger partial charge in [0, 0.05) is 24.2 Å². The first-order valence-electron chi connectivity index (χ1n) is 6.61. The van der Waals surface area contributed by atoms with Gasteiger partial charge < -0.3 is 16.4 Å². The van der Waals surface area contributed by atoms with Gasteiger partial charge in [0.05, 0.1) is 5.69 Å². The van der Waals surface area contributed by atoms with E-state index in [1.807, 2.05) is 0 Å². The Bertz CT molecular complexity index is 629. The van der Waals surface area contributed by atoms with Crippen LogP contribution in [0.1, 0.15) is 11.3 Å². The zero-order valence-electron chi connectivity index (χ0n) is 11.0. The van der Waals surface area contributed by atoms with Crippen LogP contribution >= 0.6 is 0 Å². The summed E-state index contributed by atoms with van der Waals surface area (Å²) in [7, 11) is 0. The van der Waals surface area contributed by atoms with E-state index in [-0.39, 0.29) is 5.82 Å². The van der Waals surface area contributed by atoms with Crippen molar-refractivity contribution in [3.8, 4) is 0 Å². The maximum atomic E-state index is 13.2. The average Bonchev–Trinajstić information content (AvgIpc) is 2.64. The van der Waals surface area contributed by atoms with E-state index in [0.29, 0.717) is 17.5 Å². The van der Waals surface area contributed by atoms with Crippen LogP contribution in [0.4, 0.5) is 21.8 Å². The molecule has 0 saturated carbocycles. The fourth-order valence-corrected chi connectivity index (χ4v) is 2.33. The highest BCUT2D eigenvalue weighted by atomic mass is 19.1. The Labute approximate surface area is 116 Å². The average molecular weight is 273 g/mol. The number of halogens is 1. The van der Waals surface area contributed by atoms with Crippen LogP contribution < -0.4 is 16.4 Å². The van der Waals surface area contributed by atoms with Crippen molar-refractivity contribution in [2.24, 2.45) is 0 Å². The number of hydrogen-bond donors (Lipinski definition) is 3. The number of fused-ring (bicyclic) bond motifs is 1. The van der Waals surface area contributed by atoms with E-state index in [2.05, 4.69) is 20.6 Å². The molecule has 2 aromatic rings. The molecule has 0 radical (unpaired) electrons. The topological polar surface area (TPSA) is 75.9 Å². The van der Waals surface area contributed by atoms with Crippen molar-refractivity contribution >= 4 is 17.5 Å². The summed E-state index contributed by atoms with van der Waals surface area (Å²) in [5.41, 5.74) is 8.58. The minimum Gasteiger partial charge on any atom is -0.383 e. The third-order valence-corrected chi connectivity index (χ3v) is 3.30. The number of nitrogens with one attached hydrogen (secondary N) is 2. The van der Waals surface area contributed by atoms with Crippen molar-refractivity contribution in [1.29, 1.82) is 0 Å². The molecule has 5 nitrogen and oxygen atoms in total. The molecule has 0 fully saturated rings. The zero-order chi connectivity index (χ0) is 13.9. The monoisotopic (exact) mass is 273 g/mol. The number of aromatic nitrogens is 2. The molecule has 0 unspecified atom stereocenters. The molecule has 0 atom stereocenters. The van der Waals surface area contributed by atoms with Crippen molar-refractivity contribution in [3.05, 3.63) is 41.3 Å². The lowest BCUT2D eigenvalue weighted by molar-refractivity contribution is 0.628. The van der Waals surface area contributed by atoms with Crippen LogP contribution in [0, 0.1) is 5.82 Å². The second kappa shape index (κ2) is 5.42. The van der Waals surface area contributed by atoms with E-state index in [9.17, 15) is 4.39 Å². The number of benzene rings is 1. The summed E-state index contributed by atoms with van der Waals surface area (Å²) in [4.78, 5) is 8.75. The van der Waals surface area contributed by atoms with Gasteiger partial charge in [0.1, 0.15) is 11.6 Å². The molecule has 0 saturated heterocycles. The van der Waals surface area contributed by atoms with Gasteiger partial charge in [-0.05, 0) is 31.2 Å². The normalized spacial score (nSPS) is 14.4. The largest absolute Gasteiger partial charge is 0.383 e. The molecule has 4 N–H and O–H groups in total. The molecule has 2 heterocycles. The van der Waals surface area contributed by atoms with Crippen LogP contribution in [0.25, 0.3) is 0 Å². The summed E-state index contributed by atoms with van der Waals surface area (Å²) in [6.45, 7) is 1.76. The first-order valence-corrected chi connectivity index (χ1v) is 6.61. The molecule has 20 heavy (non-hydrogen) atoms. The van der Waals surface area contributed by atoms with Crippen molar-refractivity contribution in [2.75, 3.05) is 24.1 Å². The standard InChI is InChI=1S/C14H16FN5/c15-9-2-1-3-10(8-9)18-14-19-12-5-7-17-6-4-11(12)13(16)20-14/h1-3,8,17H,4-7H2,(H3,16,18,19,20). The molecule has 0 aliphatic carbocycles. The summed E-state index contributed by atoms with van der Waals surface area (Å²) in [6.07, 6.45) is 1.65. The van der Waals surface area contributed by atoms with Gasteiger partial charge in [-0.1, -0.05) is 6.07 Å². The molecule has 1 aromatic carbocycles. The zero-order valence-corrected chi connectivity index (χ0v) is 11.0. The van der Waals surface area contributed by atoms with Crippen LogP contribution in [-0.4, -0.2) is 23.1 Å². The van der Waals surface area contributed by atoms with Crippen LogP contribution in [0.5, 0.6) is 0 Å². The lowest BCUT2D eigenvalue weighted by Gasteiger charge is -2.11. The van der Waals surface area contributed by atoms with E-state index >= 15 is 0 Å². The predicted octanol–water partition coefficient (Wildman–Crippen LogP) is 1.63. The predicted molar refractivity (Wildman–Crippen MR) is 76.4 cm³/mol. The Kier molecular flexibility index (Phi) is 3.47. The molecule has 1 aromatic heterocycles. The van der Waals surface area contributed by atoms with Gasteiger partial charge in [-0.3, -0.25) is 0 Å². The minimum absolute atomic E-state index is 0.304. The van der Waals surface area contributed by atoms with Gasteiger partial charge in [-0.25, -0.2) is 9.37 Å². The van der Waals surface area contributed by atoms with Crippen LogP contribution in [0.2, 0.25) is 0 Å².